The number of nitrogens with zero attached hydrogens (tertiary/aromatic N) is 2. The molecule has 0 N–H and O–H groups in total. The fraction of sp³-hybridized carbons (Fsp3) is 0.250. The first kappa shape index (κ1) is 8.52. The first-order valence-electron chi connectivity index (χ1n) is 3.68. The summed E-state index contributed by atoms with van der Waals surface area (Å²) in [6, 6.07) is 0. The lowest BCUT2D eigenvalue weighted by atomic mass is 10.7. The molecule has 1 rings (SSSR count). The van der Waals surface area contributed by atoms with Gasteiger partial charge in [-0.05, 0) is 11.7 Å². The third-order valence-electron chi connectivity index (χ3n) is 1.39. The van der Waals surface area contributed by atoms with Gasteiger partial charge in [0.15, 0.2) is 6.20 Å². The minimum absolute atomic E-state index is 0.464. The Morgan fingerprint density at radius 2 is 2.58 bits per heavy atom. The highest BCUT2D eigenvalue weighted by molar-refractivity contribution is 5.81. The highest BCUT2D eigenvalue weighted by Crippen LogP contribution is 1.80. The molecule has 0 radical (unpaired) electrons. The Balaban J connectivity index is 2.63. The van der Waals surface area contributed by atoms with E-state index in [1.54, 1.807) is 12.5 Å². The van der Waals surface area contributed by atoms with E-state index in [1.165, 1.54) is 4.73 Å². The fourth-order valence-electron chi connectivity index (χ4n) is 0.757. The van der Waals surface area contributed by atoms with Gasteiger partial charge in [0, 0.05) is 6.08 Å². The van der Waals surface area contributed by atoms with E-state index in [-0.39, 0.29) is 0 Å². The number of aryl methyl sites for hydroxylation is 1. The maximum Gasteiger partial charge on any atom is 0.380 e. The third-order valence-corrected chi connectivity index (χ3v) is 1.39. The van der Waals surface area contributed by atoms with Crippen LogP contribution >= 0.6 is 0 Å². The van der Waals surface area contributed by atoms with Crippen LogP contribution in [0.2, 0.25) is 0 Å². The molecule has 1 heterocycles. The molecule has 0 saturated heterocycles. The van der Waals surface area contributed by atoms with E-state index in [9.17, 15) is 4.79 Å². The summed E-state index contributed by atoms with van der Waals surface area (Å²) in [7, 11) is 0. The predicted molar refractivity (Wildman–Crippen MR) is 42.1 cm³/mol. The molecule has 4 heteroatoms. The van der Waals surface area contributed by atoms with Crippen LogP contribution in [0, 0.1) is 0 Å². The highest BCUT2D eigenvalue weighted by atomic mass is 16.7. The molecule has 1 aromatic rings. The number of imidazole rings is 1. The zero-order chi connectivity index (χ0) is 8.97. The van der Waals surface area contributed by atoms with Crippen LogP contribution in [0.15, 0.2) is 31.4 Å². The molecule has 0 bridgehead atoms. The van der Waals surface area contributed by atoms with Gasteiger partial charge in [0.1, 0.15) is 6.20 Å². The molecule has 0 unspecified atom stereocenters. The van der Waals surface area contributed by atoms with Crippen molar-refractivity contribution in [1.82, 2.24) is 4.73 Å². The van der Waals surface area contributed by atoms with Gasteiger partial charge in [-0.15, -0.1) is 0 Å². The van der Waals surface area contributed by atoms with E-state index in [0.29, 0.717) is 0 Å². The molecule has 0 aliphatic rings. The number of carbonyl (C=O) groups excluding carboxylic acids is 1. The summed E-state index contributed by atoms with van der Waals surface area (Å²) < 4.78 is 3.23. The van der Waals surface area contributed by atoms with E-state index in [0.717, 1.165) is 12.6 Å². The first-order valence-corrected chi connectivity index (χ1v) is 3.68. The van der Waals surface area contributed by atoms with Gasteiger partial charge in [-0.2, -0.15) is 0 Å². The van der Waals surface area contributed by atoms with Crippen LogP contribution in [0.5, 0.6) is 0 Å². The third kappa shape index (κ3) is 1.95. The van der Waals surface area contributed by atoms with Gasteiger partial charge >= 0.3 is 5.97 Å². The monoisotopic (exact) mass is 167 g/mol. The predicted octanol–water partition coefficient (Wildman–Crippen LogP) is -0.0633. The maximum absolute atomic E-state index is 10.7. The molecule has 1 aromatic heterocycles. The summed E-state index contributed by atoms with van der Waals surface area (Å²) in [5.74, 6) is -0.464. The minimum atomic E-state index is -0.464. The molecule has 0 fully saturated rings. The van der Waals surface area contributed by atoms with E-state index < -0.39 is 5.97 Å². The van der Waals surface area contributed by atoms with Crippen LogP contribution in [0.3, 0.4) is 0 Å². The Hall–Kier alpha value is -1.58. The van der Waals surface area contributed by atoms with Gasteiger partial charge in [0.05, 0.1) is 6.54 Å². The Morgan fingerprint density at radius 1 is 1.83 bits per heavy atom. The number of hydrogen-bond acceptors (Lipinski definition) is 2. The molecule has 4 nitrogen and oxygen atoms in total. The van der Waals surface area contributed by atoms with Crippen LogP contribution in [0.1, 0.15) is 6.92 Å². The quantitative estimate of drug-likeness (QED) is 0.467. The van der Waals surface area contributed by atoms with Crippen LogP contribution in [-0.2, 0) is 11.3 Å². The van der Waals surface area contributed by atoms with Crippen molar-refractivity contribution < 1.29 is 14.2 Å². The van der Waals surface area contributed by atoms with Crippen molar-refractivity contribution in [2.75, 3.05) is 0 Å². The number of carbonyl (C=O) groups is 1. The molecule has 0 amide bonds. The molecule has 0 atom stereocenters. The zero-order valence-corrected chi connectivity index (χ0v) is 6.93. The summed E-state index contributed by atoms with van der Waals surface area (Å²) in [4.78, 5) is 15.5. The van der Waals surface area contributed by atoms with Crippen molar-refractivity contribution >= 4 is 5.97 Å². The Morgan fingerprint density at radius 3 is 3.08 bits per heavy atom. The van der Waals surface area contributed by atoms with Crippen molar-refractivity contribution in [3.05, 3.63) is 31.4 Å². The Bertz CT molecular complexity index is 291. The van der Waals surface area contributed by atoms with Crippen molar-refractivity contribution in [1.29, 1.82) is 0 Å². The van der Waals surface area contributed by atoms with E-state index >= 15 is 0 Å². The summed E-state index contributed by atoms with van der Waals surface area (Å²) in [5, 5.41) is 0. The van der Waals surface area contributed by atoms with E-state index in [1.807, 2.05) is 17.7 Å². The molecular weight excluding hydrogens is 156 g/mol. The fourth-order valence-corrected chi connectivity index (χ4v) is 0.757. The second-order valence-corrected chi connectivity index (χ2v) is 2.22. The summed E-state index contributed by atoms with van der Waals surface area (Å²) in [6.07, 6.45) is 6.28. The molecule has 12 heavy (non-hydrogen) atoms. The van der Waals surface area contributed by atoms with Gasteiger partial charge in [0.2, 0.25) is 0 Å². The average molecular weight is 167 g/mol. The van der Waals surface area contributed by atoms with Gasteiger partial charge in [-0.3, -0.25) is 4.84 Å². The normalized spacial score (nSPS) is 9.42. The first-order chi connectivity index (χ1) is 5.76. The molecule has 64 valence electrons. The summed E-state index contributed by atoms with van der Waals surface area (Å²) in [5.41, 5.74) is 0. The summed E-state index contributed by atoms with van der Waals surface area (Å²) >= 11 is 0. The van der Waals surface area contributed by atoms with Crippen LogP contribution in [-0.4, -0.2) is 10.7 Å². The number of rotatable bonds is 3. The summed E-state index contributed by atoms with van der Waals surface area (Å²) in [6.45, 7) is 6.13. The van der Waals surface area contributed by atoms with Crippen LogP contribution in [0.4, 0.5) is 0 Å². The lowest BCUT2D eigenvalue weighted by Crippen LogP contribution is -2.30. The molecule has 0 aliphatic heterocycles. The Labute approximate surface area is 70.6 Å². The van der Waals surface area contributed by atoms with Crippen molar-refractivity contribution in [3.63, 3.8) is 0 Å². The minimum Gasteiger partial charge on any atom is -0.253 e. The van der Waals surface area contributed by atoms with E-state index in [2.05, 4.69) is 6.58 Å². The van der Waals surface area contributed by atoms with E-state index in [4.69, 9.17) is 4.84 Å². The highest BCUT2D eigenvalue weighted by Gasteiger charge is 2.05. The maximum atomic E-state index is 10.7. The smallest absolute Gasteiger partial charge is 0.253 e. The van der Waals surface area contributed by atoms with Crippen LogP contribution < -0.4 is 9.40 Å². The lowest BCUT2D eigenvalue weighted by molar-refractivity contribution is -0.693. The van der Waals surface area contributed by atoms with Gasteiger partial charge < -0.3 is 0 Å². The molecule has 0 aromatic carbocycles. The van der Waals surface area contributed by atoms with Crippen molar-refractivity contribution in [2.45, 2.75) is 13.5 Å². The lowest BCUT2D eigenvalue weighted by Gasteiger charge is -1.90. The molecular formula is C8H11N2O2+. The topological polar surface area (TPSA) is 35.1 Å². The second kappa shape index (κ2) is 3.71. The zero-order valence-electron chi connectivity index (χ0n) is 6.93. The molecule has 0 spiro atoms. The Kier molecular flexibility index (Phi) is 2.63. The van der Waals surface area contributed by atoms with Gasteiger partial charge in [-0.1, -0.05) is 6.58 Å². The van der Waals surface area contributed by atoms with Gasteiger partial charge in [0.25, 0.3) is 6.33 Å². The van der Waals surface area contributed by atoms with Gasteiger partial charge in [-0.25, -0.2) is 9.36 Å². The average Bonchev–Trinajstić information content (AvgIpc) is 2.52. The SMILES string of the molecule is C=CC(=O)On1cc[n+](CC)c1. The number of aromatic nitrogens is 2. The number of hydrogen-bond donors (Lipinski definition) is 0. The largest absolute Gasteiger partial charge is 0.380 e. The van der Waals surface area contributed by atoms with Crippen molar-refractivity contribution in [2.24, 2.45) is 0 Å². The van der Waals surface area contributed by atoms with Crippen molar-refractivity contribution in [3.8, 4) is 0 Å². The standard InChI is InChI=1S/C8H11N2O2/c1-3-8(11)12-10-6-5-9(4-2)7-10/h3,5-7H,1,4H2,2H3/q+1. The van der Waals surface area contributed by atoms with Crippen LogP contribution in [0.25, 0.3) is 0 Å². The molecule has 0 aliphatic carbocycles. The molecule has 0 saturated carbocycles. The second-order valence-electron chi connectivity index (χ2n) is 2.22.